The highest BCUT2D eigenvalue weighted by Crippen LogP contribution is 2.42. The van der Waals surface area contributed by atoms with E-state index in [9.17, 15) is 9.59 Å². The third-order valence-corrected chi connectivity index (χ3v) is 3.29. The number of carbonyl (C=O) groups is 2. The number of rotatable bonds is 2. The van der Waals surface area contributed by atoms with E-state index in [-0.39, 0.29) is 12.0 Å². The lowest BCUT2D eigenvalue weighted by Gasteiger charge is -2.22. The molecule has 0 fully saturated rings. The van der Waals surface area contributed by atoms with Gasteiger partial charge in [-0.1, -0.05) is 30.8 Å². The van der Waals surface area contributed by atoms with Crippen molar-refractivity contribution in [3.8, 4) is 6.07 Å². The van der Waals surface area contributed by atoms with E-state index in [1.807, 2.05) is 6.07 Å². The highest BCUT2D eigenvalue weighted by Gasteiger charge is 2.54. The van der Waals surface area contributed by atoms with Crippen molar-refractivity contribution in [3.63, 3.8) is 0 Å². The molecule has 1 aliphatic rings. The van der Waals surface area contributed by atoms with E-state index in [1.54, 1.807) is 24.3 Å². The van der Waals surface area contributed by atoms with Crippen molar-refractivity contribution in [2.24, 2.45) is 5.41 Å². The smallest absolute Gasteiger partial charge is 0.325 e. The average Bonchev–Trinajstić information content (AvgIpc) is 2.72. The lowest BCUT2D eigenvalue weighted by atomic mass is 9.77. The molecule has 1 atom stereocenters. The standard InChI is InChI=1S/C14H11NO3/c1-9(8-15)14(13(17)18-2)7-10-5-3-4-6-11(10)12(14)16/h3-6H,1,7H2,2H3. The van der Waals surface area contributed by atoms with Gasteiger partial charge in [0.05, 0.1) is 13.2 Å². The topological polar surface area (TPSA) is 67.2 Å². The maximum atomic E-state index is 12.4. The number of nitriles is 1. The number of esters is 1. The summed E-state index contributed by atoms with van der Waals surface area (Å²) in [6, 6.07) is 8.73. The summed E-state index contributed by atoms with van der Waals surface area (Å²) >= 11 is 0. The second-order valence-electron chi connectivity index (χ2n) is 4.15. The third-order valence-electron chi connectivity index (χ3n) is 3.29. The number of hydrogen-bond donors (Lipinski definition) is 0. The Balaban J connectivity index is 2.62. The Hall–Kier alpha value is -2.41. The van der Waals surface area contributed by atoms with Crippen LogP contribution in [0, 0.1) is 16.7 Å². The van der Waals surface area contributed by atoms with E-state index in [1.165, 1.54) is 7.11 Å². The summed E-state index contributed by atoms with van der Waals surface area (Å²) in [4.78, 5) is 24.4. The van der Waals surface area contributed by atoms with Crippen LogP contribution in [0.5, 0.6) is 0 Å². The molecule has 0 saturated heterocycles. The molecular formula is C14H11NO3. The van der Waals surface area contributed by atoms with Crippen molar-refractivity contribution in [1.29, 1.82) is 5.26 Å². The Kier molecular flexibility index (Phi) is 2.76. The van der Waals surface area contributed by atoms with Crippen LogP contribution in [0.1, 0.15) is 15.9 Å². The summed E-state index contributed by atoms with van der Waals surface area (Å²) < 4.78 is 4.69. The molecule has 0 saturated carbocycles. The number of ketones is 1. The fraction of sp³-hybridized carbons (Fsp3) is 0.214. The molecule has 1 aromatic rings. The van der Waals surface area contributed by atoms with Crippen LogP contribution in [0.3, 0.4) is 0 Å². The predicted molar refractivity (Wildman–Crippen MR) is 63.7 cm³/mol. The molecule has 4 nitrogen and oxygen atoms in total. The summed E-state index contributed by atoms with van der Waals surface area (Å²) in [6.45, 7) is 3.55. The van der Waals surface area contributed by atoms with E-state index in [2.05, 4.69) is 6.58 Å². The summed E-state index contributed by atoms with van der Waals surface area (Å²) in [7, 11) is 1.20. The van der Waals surface area contributed by atoms with Gasteiger partial charge in [-0.15, -0.1) is 0 Å². The molecule has 0 amide bonds. The van der Waals surface area contributed by atoms with Crippen LogP contribution in [0.4, 0.5) is 0 Å². The maximum absolute atomic E-state index is 12.4. The summed E-state index contributed by atoms with van der Waals surface area (Å²) in [6.07, 6.45) is 0.140. The SMILES string of the molecule is C=C(C#N)C1(C(=O)OC)Cc2ccccc2C1=O. The van der Waals surface area contributed by atoms with Crippen molar-refractivity contribution < 1.29 is 14.3 Å². The normalized spacial score (nSPS) is 21.0. The zero-order chi connectivity index (χ0) is 13.3. The number of carbonyl (C=O) groups excluding carboxylic acids is 2. The number of Topliss-reactive ketones (excluding diaryl/α,β-unsaturated/α-hetero) is 1. The first kappa shape index (κ1) is 12.1. The number of benzene rings is 1. The van der Waals surface area contributed by atoms with Crippen molar-refractivity contribution in [3.05, 3.63) is 47.5 Å². The van der Waals surface area contributed by atoms with E-state index < -0.39 is 17.2 Å². The molecule has 0 heterocycles. The predicted octanol–water partition coefficient (Wildman–Crippen LogP) is 1.66. The molecule has 1 unspecified atom stereocenters. The van der Waals surface area contributed by atoms with Crippen molar-refractivity contribution >= 4 is 11.8 Å². The molecule has 0 spiro atoms. The van der Waals surface area contributed by atoms with Gasteiger partial charge < -0.3 is 4.74 Å². The second-order valence-corrected chi connectivity index (χ2v) is 4.15. The Bertz CT molecular complexity index is 597. The van der Waals surface area contributed by atoms with Gasteiger partial charge in [-0.05, 0) is 5.56 Å². The number of hydrogen-bond acceptors (Lipinski definition) is 4. The highest BCUT2D eigenvalue weighted by molar-refractivity contribution is 6.18. The third kappa shape index (κ3) is 1.37. The zero-order valence-electron chi connectivity index (χ0n) is 9.90. The number of fused-ring (bicyclic) bond motifs is 1. The van der Waals surface area contributed by atoms with E-state index in [0.717, 1.165) is 5.56 Å². The molecule has 90 valence electrons. The van der Waals surface area contributed by atoms with E-state index in [0.29, 0.717) is 5.56 Å². The van der Waals surface area contributed by atoms with Gasteiger partial charge in [0.25, 0.3) is 0 Å². The molecule has 1 aromatic carbocycles. The fourth-order valence-electron chi connectivity index (χ4n) is 2.29. The van der Waals surface area contributed by atoms with Gasteiger partial charge in [-0.2, -0.15) is 5.26 Å². The molecule has 2 rings (SSSR count). The summed E-state index contributed by atoms with van der Waals surface area (Å²) in [5.74, 6) is -1.13. The van der Waals surface area contributed by atoms with Crippen LogP contribution < -0.4 is 0 Å². The highest BCUT2D eigenvalue weighted by atomic mass is 16.5. The van der Waals surface area contributed by atoms with Gasteiger partial charge in [-0.25, -0.2) is 0 Å². The first-order valence-electron chi connectivity index (χ1n) is 5.38. The second kappa shape index (κ2) is 4.11. The molecule has 0 bridgehead atoms. The van der Waals surface area contributed by atoms with Crippen LogP contribution in [-0.4, -0.2) is 18.9 Å². The van der Waals surface area contributed by atoms with Gasteiger partial charge in [0.1, 0.15) is 0 Å². The fourth-order valence-corrected chi connectivity index (χ4v) is 2.29. The number of methoxy groups -OCH3 is 1. The molecule has 4 heteroatoms. The van der Waals surface area contributed by atoms with Gasteiger partial charge >= 0.3 is 5.97 Å². The summed E-state index contributed by atoms with van der Waals surface area (Å²) in [5.41, 5.74) is -0.452. The first-order valence-corrected chi connectivity index (χ1v) is 5.38. The first-order chi connectivity index (χ1) is 8.57. The van der Waals surface area contributed by atoms with Gasteiger partial charge in [0.2, 0.25) is 0 Å². The van der Waals surface area contributed by atoms with Crippen LogP contribution in [-0.2, 0) is 16.0 Å². The minimum absolute atomic E-state index is 0.0736. The van der Waals surface area contributed by atoms with Crippen molar-refractivity contribution in [2.45, 2.75) is 6.42 Å². The van der Waals surface area contributed by atoms with Crippen LogP contribution in [0.15, 0.2) is 36.4 Å². The zero-order valence-corrected chi connectivity index (χ0v) is 9.90. The van der Waals surface area contributed by atoms with Gasteiger partial charge in [0.15, 0.2) is 11.2 Å². The lowest BCUT2D eigenvalue weighted by Crippen LogP contribution is -2.39. The van der Waals surface area contributed by atoms with Crippen LogP contribution in [0.2, 0.25) is 0 Å². The molecule has 0 N–H and O–H groups in total. The van der Waals surface area contributed by atoms with Gasteiger partial charge in [0, 0.05) is 17.6 Å². The average molecular weight is 241 g/mol. The minimum Gasteiger partial charge on any atom is -0.468 e. The Morgan fingerprint density at radius 1 is 1.50 bits per heavy atom. The van der Waals surface area contributed by atoms with Crippen molar-refractivity contribution in [2.75, 3.05) is 7.11 Å². The molecule has 0 aromatic heterocycles. The molecule has 0 radical (unpaired) electrons. The Morgan fingerprint density at radius 3 is 2.72 bits per heavy atom. The lowest BCUT2D eigenvalue weighted by molar-refractivity contribution is -0.147. The molecular weight excluding hydrogens is 230 g/mol. The summed E-state index contributed by atoms with van der Waals surface area (Å²) in [5, 5.41) is 8.99. The van der Waals surface area contributed by atoms with Crippen LogP contribution >= 0.6 is 0 Å². The maximum Gasteiger partial charge on any atom is 0.325 e. The van der Waals surface area contributed by atoms with Crippen molar-refractivity contribution in [1.82, 2.24) is 0 Å². The number of ether oxygens (including phenoxy) is 1. The largest absolute Gasteiger partial charge is 0.468 e. The van der Waals surface area contributed by atoms with Gasteiger partial charge in [-0.3, -0.25) is 9.59 Å². The molecule has 1 aliphatic carbocycles. The van der Waals surface area contributed by atoms with E-state index in [4.69, 9.17) is 10.00 Å². The molecule has 0 aliphatic heterocycles. The monoisotopic (exact) mass is 241 g/mol. The number of nitrogens with zero attached hydrogens (tertiary/aromatic N) is 1. The Labute approximate surface area is 104 Å². The van der Waals surface area contributed by atoms with Crippen LogP contribution in [0.25, 0.3) is 0 Å². The Morgan fingerprint density at radius 2 is 2.17 bits per heavy atom. The van der Waals surface area contributed by atoms with E-state index >= 15 is 0 Å². The quantitative estimate of drug-likeness (QED) is 0.448. The molecule has 18 heavy (non-hydrogen) atoms. The minimum atomic E-state index is -1.58.